The van der Waals surface area contributed by atoms with E-state index in [2.05, 4.69) is 68.1 Å². The SMILES string of the molecule is CCSC(=Nc1cc(C)ccc1C)N(Cc1ccc(OC)cc1)Cc1ccc(OC)cc1.I. The highest BCUT2D eigenvalue weighted by atomic mass is 127. The van der Waals surface area contributed by atoms with E-state index in [-0.39, 0.29) is 24.0 Å². The van der Waals surface area contributed by atoms with E-state index in [4.69, 9.17) is 14.5 Å². The first-order valence-electron chi connectivity index (χ1n) is 10.8. The Hall–Kier alpha value is -2.19. The Labute approximate surface area is 219 Å². The van der Waals surface area contributed by atoms with Crippen LogP contribution in [0.25, 0.3) is 0 Å². The zero-order valence-electron chi connectivity index (χ0n) is 20.0. The molecule has 0 aliphatic heterocycles. The topological polar surface area (TPSA) is 34.1 Å². The highest BCUT2D eigenvalue weighted by Gasteiger charge is 2.15. The van der Waals surface area contributed by atoms with E-state index in [9.17, 15) is 0 Å². The van der Waals surface area contributed by atoms with Gasteiger partial charge in [-0.3, -0.25) is 0 Å². The van der Waals surface area contributed by atoms with Gasteiger partial charge in [-0.05, 0) is 72.2 Å². The van der Waals surface area contributed by atoms with E-state index in [0.717, 1.165) is 41.2 Å². The summed E-state index contributed by atoms with van der Waals surface area (Å²) in [5.74, 6) is 2.68. The van der Waals surface area contributed by atoms with Crippen LogP contribution >= 0.6 is 35.7 Å². The number of hydrogen-bond donors (Lipinski definition) is 0. The number of amidine groups is 1. The minimum atomic E-state index is 0. The summed E-state index contributed by atoms with van der Waals surface area (Å²) in [6.07, 6.45) is 0. The molecule has 0 spiro atoms. The highest BCUT2D eigenvalue weighted by Crippen LogP contribution is 2.26. The standard InChI is InChI=1S/C27H32N2O2S.HI/c1-6-32-27(28-26-17-20(2)7-8-21(26)3)29(18-22-9-13-24(30-4)14-10-22)19-23-11-15-25(31-5)16-12-23;/h7-17H,6,18-19H2,1-5H3;1H. The highest BCUT2D eigenvalue weighted by molar-refractivity contribution is 14.0. The van der Waals surface area contributed by atoms with Crippen LogP contribution in [0.2, 0.25) is 0 Å². The first-order valence-corrected chi connectivity index (χ1v) is 11.8. The van der Waals surface area contributed by atoms with Crippen molar-refractivity contribution in [2.24, 2.45) is 4.99 Å². The Kier molecular flexibility index (Phi) is 11.1. The van der Waals surface area contributed by atoms with Crippen LogP contribution in [0.5, 0.6) is 11.5 Å². The van der Waals surface area contributed by atoms with Crippen molar-refractivity contribution < 1.29 is 9.47 Å². The van der Waals surface area contributed by atoms with Crippen LogP contribution in [0.15, 0.2) is 71.7 Å². The van der Waals surface area contributed by atoms with Gasteiger partial charge in [-0.25, -0.2) is 4.99 Å². The number of thioether (sulfide) groups is 1. The van der Waals surface area contributed by atoms with Crippen LogP contribution in [-0.2, 0) is 13.1 Å². The van der Waals surface area contributed by atoms with Gasteiger partial charge in [0.05, 0.1) is 19.9 Å². The predicted octanol–water partition coefficient (Wildman–Crippen LogP) is 7.38. The third-order valence-electron chi connectivity index (χ3n) is 5.19. The summed E-state index contributed by atoms with van der Waals surface area (Å²) in [5, 5.41) is 1.02. The lowest BCUT2D eigenvalue weighted by Crippen LogP contribution is -2.28. The van der Waals surface area contributed by atoms with Crippen molar-refractivity contribution in [1.82, 2.24) is 4.90 Å². The number of rotatable bonds is 8. The fourth-order valence-corrected chi connectivity index (χ4v) is 4.09. The molecule has 4 nitrogen and oxygen atoms in total. The summed E-state index contributed by atoms with van der Waals surface area (Å²) < 4.78 is 10.7. The molecule has 0 aliphatic carbocycles. The number of methoxy groups -OCH3 is 2. The van der Waals surface area contributed by atoms with E-state index >= 15 is 0 Å². The van der Waals surface area contributed by atoms with E-state index in [0.29, 0.717) is 0 Å². The lowest BCUT2D eigenvalue weighted by molar-refractivity contribution is 0.405. The first kappa shape index (κ1) is 27.1. The molecule has 0 radical (unpaired) electrons. The monoisotopic (exact) mass is 576 g/mol. The lowest BCUT2D eigenvalue weighted by Gasteiger charge is -2.26. The Morgan fingerprint density at radius 3 is 1.79 bits per heavy atom. The Morgan fingerprint density at radius 1 is 0.818 bits per heavy atom. The van der Waals surface area contributed by atoms with Crippen molar-refractivity contribution in [3.05, 3.63) is 89.0 Å². The van der Waals surface area contributed by atoms with Crippen LogP contribution in [0.3, 0.4) is 0 Å². The molecule has 0 heterocycles. The Bertz CT molecular complexity index is 987. The fraction of sp³-hybridized carbons (Fsp3) is 0.296. The molecule has 0 N–H and O–H groups in total. The van der Waals surface area contributed by atoms with Gasteiger partial charge in [-0.15, -0.1) is 24.0 Å². The van der Waals surface area contributed by atoms with Crippen molar-refractivity contribution >= 4 is 46.6 Å². The van der Waals surface area contributed by atoms with Gasteiger partial charge in [-0.2, -0.15) is 0 Å². The van der Waals surface area contributed by atoms with Crippen LogP contribution in [0.1, 0.15) is 29.2 Å². The fourth-order valence-electron chi connectivity index (χ4n) is 3.36. The molecular formula is C27H33IN2O2S. The molecule has 0 amide bonds. The molecule has 176 valence electrons. The molecule has 0 unspecified atom stereocenters. The number of benzene rings is 3. The molecule has 3 aromatic rings. The second-order valence-corrected chi connectivity index (χ2v) is 8.90. The molecule has 6 heteroatoms. The van der Waals surface area contributed by atoms with Crippen molar-refractivity contribution in [2.45, 2.75) is 33.9 Å². The minimum absolute atomic E-state index is 0. The average molecular weight is 577 g/mol. The summed E-state index contributed by atoms with van der Waals surface area (Å²) in [5.41, 5.74) is 5.84. The number of ether oxygens (including phenoxy) is 2. The molecular weight excluding hydrogens is 543 g/mol. The summed E-state index contributed by atoms with van der Waals surface area (Å²) in [7, 11) is 3.38. The second-order valence-electron chi connectivity index (χ2n) is 7.67. The van der Waals surface area contributed by atoms with Gasteiger partial charge in [0.2, 0.25) is 0 Å². The van der Waals surface area contributed by atoms with E-state index < -0.39 is 0 Å². The maximum Gasteiger partial charge on any atom is 0.164 e. The summed E-state index contributed by atoms with van der Waals surface area (Å²) >= 11 is 1.77. The zero-order valence-corrected chi connectivity index (χ0v) is 23.1. The first-order chi connectivity index (χ1) is 15.5. The number of nitrogens with zero attached hydrogens (tertiary/aromatic N) is 2. The number of aliphatic imine (C=N–C) groups is 1. The second kappa shape index (κ2) is 13.5. The summed E-state index contributed by atoms with van der Waals surface area (Å²) in [6.45, 7) is 7.91. The third-order valence-corrected chi connectivity index (χ3v) is 6.09. The number of hydrogen-bond acceptors (Lipinski definition) is 4. The molecule has 0 aromatic heterocycles. The minimum Gasteiger partial charge on any atom is -0.497 e. The van der Waals surface area contributed by atoms with E-state index in [1.165, 1.54) is 22.3 Å². The third kappa shape index (κ3) is 7.96. The lowest BCUT2D eigenvalue weighted by atomic mass is 10.1. The van der Waals surface area contributed by atoms with Gasteiger partial charge >= 0.3 is 0 Å². The smallest absolute Gasteiger partial charge is 0.164 e. The van der Waals surface area contributed by atoms with Crippen LogP contribution < -0.4 is 9.47 Å². The zero-order chi connectivity index (χ0) is 22.9. The average Bonchev–Trinajstić information content (AvgIpc) is 2.81. The molecule has 0 bridgehead atoms. The molecule has 3 aromatic carbocycles. The maximum atomic E-state index is 5.33. The van der Waals surface area contributed by atoms with Gasteiger partial charge in [0.15, 0.2) is 5.17 Å². The quantitative estimate of drug-likeness (QED) is 0.159. The predicted molar refractivity (Wildman–Crippen MR) is 152 cm³/mol. The van der Waals surface area contributed by atoms with Crippen molar-refractivity contribution in [2.75, 3.05) is 20.0 Å². The normalized spacial score (nSPS) is 11.0. The maximum absolute atomic E-state index is 5.33. The molecule has 0 aliphatic rings. The van der Waals surface area contributed by atoms with Crippen LogP contribution in [-0.4, -0.2) is 30.0 Å². The molecule has 0 fully saturated rings. The van der Waals surface area contributed by atoms with Gasteiger partial charge in [0.1, 0.15) is 11.5 Å². The van der Waals surface area contributed by atoms with Gasteiger partial charge in [0.25, 0.3) is 0 Å². The van der Waals surface area contributed by atoms with Crippen LogP contribution in [0, 0.1) is 13.8 Å². The molecule has 0 saturated carbocycles. The van der Waals surface area contributed by atoms with Gasteiger partial charge < -0.3 is 14.4 Å². The molecule has 33 heavy (non-hydrogen) atoms. The number of aryl methyl sites for hydroxylation is 2. The Morgan fingerprint density at radius 2 is 1.33 bits per heavy atom. The summed E-state index contributed by atoms with van der Waals surface area (Å²) in [6, 6.07) is 22.9. The van der Waals surface area contributed by atoms with E-state index in [1.807, 2.05) is 24.3 Å². The van der Waals surface area contributed by atoms with Gasteiger partial charge in [-0.1, -0.05) is 55.1 Å². The largest absolute Gasteiger partial charge is 0.497 e. The van der Waals surface area contributed by atoms with Gasteiger partial charge in [0, 0.05) is 13.1 Å². The number of halogens is 1. The molecule has 0 saturated heterocycles. The molecule has 3 rings (SSSR count). The Balaban J connectivity index is 0.00000385. The van der Waals surface area contributed by atoms with Crippen LogP contribution in [0.4, 0.5) is 5.69 Å². The van der Waals surface area contributed by atoms with E-state index in [1.54, 1.807) is 26.0 Å². The summed E-state index contributed by atoms with van der Waals surface area (Å²) in [4.78, 5) is 7.47. The van der Waals surface area contributed by atoms with Crippen molar-refractivity contribution in [3.8, 4) is 11.5 Å². The van der Waals surface area contributed by atoms with Crippen molar-refractivity contribution in [3.63, 3.8) is 0 Å². The van der Waals surface area contributed by atoms with Crippen molar-refractivity contribution in [1.29, 1.82) is 0 Å². The molecule has 0 atom stereocenters.